The maximum absolute atomic E-state index is 12.8. The number of carbonyl (C=O) groups is 3. The maximum Gasteiger partial charge on any atom is 0.356 e. The van der Waals surface area contributed by atoms with E-state index in [1.807, 2.05) is 0 Å². The summed E-state index contributed by atoms with van der Waals surface area (Å²) in [5.74, 6) is -1.87. The molecule has 2 N–H and O–H groups in total. The molecule has 0 unspecified atom stereocenters. The Morgan fingerprint density at radius 1 is 1.42 bits per heavy atom. The lowest BCUT2D eigenvalue weighted by Crippen LogP contribution is -2.61. The number of nitrogens with one attached hydrogen (secondary N) is 1. The molecule has 164 valence electrons. The molecule has 2 heterocycles. The van der Waals surface area contributed by atoms with Gasteiger partial charge in [0.15, 0.2) is 0 Å². The molecule has 3 rings (SSSR count). The molecule has 0 bridgehead atoms. The number of rotatable bonds is 8. The lowest BCUT2D eigenvalue weighted by atomic mass is 9.83. The number of esters is 1. The van der Waals surface area contributed by atoms with Crippen LogP contribution in [-0.2, 0) is 25.7 Å². The van der Waals surface area contributed by atoms with Gasteiger partial charge in [0.25, 0.3) is 5.69 Å². The highest BCUT2D eigenvalue weighted by atomic mass is 32.2. The Labute approximate surface area is 182 Å². The predicted octanol–water partition coefficient (Wildman–Crippen LogP) is 1.80. The van der Waals surface area contributed by atoms with Crippen molar-refractivity contribution >= 4 is 35.2 Å². The molecular formula is C20H21N3O7S. The van der Waals surface area contributed by atoms with Gasteiger partial charge in [0.1, 0.15) is 12.3 Å². The number of non-ortho nitro benzene ring substituents is 1. The first kappa shape index (κ1) is 22.5. The van der Waals surface area contributed by atoms with Gasteiger partial charge < -0.3 is 20.1 Å². The molecule has 0 radical (unpaired) electrons. The first-order valence-corrected chi connectivity index (χ1v) is 10.3. The summed E-state index contributed by atoms with van der Waals surface area (Å²) < 4.78 is 5.35. The Hall–Kier alpha value is -3.18. The maximum atomic E-state index is 12.8. The second kappa shape index (κ2) is 9.31. The number of ether oxygens (including phenoxy) is 1. The Morgan fingerprint density at radius 2 is 2.10 bits per heavy atom. The van der Waals surface area contributed by atoms with Crippen molar-refractivity contribution in [2.75, 3.05) is 0 Å². The van der Waals surface area contributed by atoms with Crippen LogP contribution in [0.4, 0.5) is 5.69 Å². The molecule has 2 aliphatic heterocycles. The number of amides is 2. The standard InChI is InChI=1S/C20H21N3O7S/c1-11(24)17-15-9-16(31-8-7-21-12(2)25)18(22(15)19(17)26)20(27)30-10-13-3-5-14(6-4-13)23(28)29/h3-8,11,15,17,24H,9-10H2,1-2H3,(H,21,25)/t11-,15+,17-/m0/s1. The molecule has 3 atom stereocenters. The number of carbonyl (C=O) groups excluding carboxylic acids is 3. The van der Waals surface area contributed by atoms with E-state index in [-0.39, 0.29) is 35.8 Å². The van der Waals surface area contributed by atoms with Gasteiger partial charge in [-0.2, -0.15) is 0 Å². The van der Waals surface area contributed by atoms with Gasteiger partial charge in [0.05, 0.1) is 23.0 Å². The SMILES string of the molecule is CC(=O)NC=CSC1=C(C(=O)OCc2ccc([N+](=O)[O-])cc2)N2C(=O)[C@@H]([C@H](C)O)[C@H]2C1. The fraction of sp³-hybridized carbons (Fsp3) is 0.350. The van der Waals surface area contributed by atoms with E-state index in [4.69, 9.17) is 4.74 Å². The molecule has 1 saturated heterocycles. The fourth-order valence-corrected chi connectivity index (χ4v) is 4.39. The Kier molecular flexibility index (Phi) is 6.76. The van der Waals surface area contributed by atoms with Crippen molar-refractivity contribution in [3.8, 4) is 0 Å². The number of β-lactam (4-membered cyclic amide) rings is 1. The summed E-state index contributed by atoms with van der Waals surface area (Å²) in [6, 6.07) is 5.27. The average Bonchev–Trinajstić information content (AvgIpc) is 3.03. The minimum Gasteiger partial charge on any atom is -0.456 e. The largest absolute Gasteiger partial charge is 0.456 e. The molecule has 0 spiro atoms. The number of aliphatic hydroxyl groups excluding tert-OH is 1. The smallest absolute Gasteiger partial charge is 0.356 e. The number of aliphatic hydroxyl groups is 1. The quantitative estimate of drug-likeness (QED) is 0.266. The molecule has 10 nitrogen and oxygen atoms in total. The van der Waals surface area contributed by atoms with Gasteiger partial charge in [-0.05, 0) is 30.0 Å². The van der Waals surface area contributed by atoms with Gasteiger partial charge in [0.2, 0.25) is 11.8 Å². The number of hydrogen-bond acceptors (Lipinski definition) is 8. The van der Waals surface area contributed by atoms with Crippen molar-refractivity contribution in [1.82, 2.24) is 10.2 Å². The molecule has 11 heteroatoms. The molecule has 1 aromatic rings. The van der Waals surface area contributed by atoms with Crippen molar-refractivity contribution < 1.29 is 29.2 Å². The molecule has 0 saturated carbocycles. The predicted molar refractivity (Wildman–Crippen MR) is 111 cm³/mol. The molecule has 0 aromatic heterocycles. The summed E-state index contributed by atoms with van der Waals surface area (Å²) in [5.41, 5.74) is 0.605. The van der Waals surface area contributed by atoms with E-state index in [0.717, 1.165) is 0 Å². The van der Waals surface area contributed by atoms with Crippen molar-refractivity contribution in [3.05, 3.63) is 62.2 Å². The monoisotopic (exact) mass is 447 g/mol. The Bertz CT molecular complexity index is 971. The number of fused-ring (bicyclic) bond motifs is 1. The molecule has 0 aliphatic carbocycles. The van der Waals surface area contributed by atoms with Crippen LogP contribution in [0, 0.1) is 16.0 Å². The zero-order valence-corrected chi connectivity index (χ0v) is 17.6. The van der Waals surface area contributed by atoms with E-state index in [2.05, 4.69) is 5.32 Å². The number of benzene rings is 1. The van der Waals surface area contributed by atoms with E-state index in [1.165, 1.54) is 61.0 Å². The highest BCUT2D eigenvalue weighted by Gasteiger charge is 2.56. The third-order valence-corrected chi connectivity index (χ3v) is 5.88. The first-order valence-electron chi connectivity index (χ1n) is 9.44. The van der Waals surface area contributed by atoms with Gasteiger partial charge in [-0.1, -0.05) is 11.8 Å². The number of nitro groups is 1. The fourth-order valence-electron chi connectivity index (χ4n) is 3.52. The highest BCUT2D eigenvalue weighted by molar-refractivity contribution is 8.05. The summed E-state index contributed by atoms with van der Waals surface area (Å²) in [7, 11) is 0. The summed E-state index contributed by atoms with van der Waals surface area (Å²) in [6.07, 6.45) is 0.979. The number of nitro benzene ring substituents is 1. The number of hydrogen-bond donors (Lipinski definition) is 2. The number of nitrogens with zero attached hydrogens (tertiary/aromatic N) is 2. The molecule has 31 heavy (non-hydrogen) atoms. The Balaban J connectivity index is 1.74. The van der Waals surface area contributed by atoms with Crippen molar-refractivity contribution in [3.63, 3.8) is 0 Å². The van der Waals surface area contributed by atoms with E-state index in [9.17, 15) is 29.6 Å². The van der Waals surface area contributed by atoms with Crippen LogP contribution in [-0.4, -0.2) is 44.9 Å². The van der Waals surface area contributed by atoms with E-state index < -0.39 is 22.9 Å². The normalized spacial score (nSPS) is 21.0. The van der Waals surface area contributed by atoms with Crippen LogP contribution in [0.25, 0.3) is 0 Å². The van der Waals surface area contributed by atoms with Crippen LogP contribution in [0.5, 0.6) is 0 Å². The molecule has 1 fully saturated rings. The minimum absolute atomic E-state index is 0.0728. The third-order valence-electron chi connectivity index (χ3n) is 4.96. The van der Waals surface area contributed by atoms with E-state index >= 15 is 0 Å². The van der Waals surface area contributed by atoms with E-state index in [1.54, 1.807) is 5.41 Å². The van der Waals surface area contributed by atoms with Crippen molar-refractivity contribution in [2.45, 2.75) is 39.0 Å². The number of thioether (sulfide) groups is 1. The van der Waals surface area contributed by atoms with Gasteiger partial charge in [-0.15, -0.1) is 0 Å². The summed E-state index contributed by atoms with van der Waals surface area (Å²) >= 11 is 1.19. The van der Waals surface area contributed by atoms with Gasteiger partial charge in [0, 0.05) is 36.6 Å². The summed E-state index contributed by atoms with van der Waals surface area (Å²) in [6.45, 7) is 2.78. The van der Waals surface area contributed by atoms with E-state index in [0.29, 0.717) is 16.9 Å². The van der Waals surface area contributed by atoms with Crippen LogP contribution in [0.2, 0.25) is 0 Å². The van der Waals surface area contributed by atoms with Crippen LogP contribution in [0.15, 0.2) is 46.5 Å². The second-order valence-electron chi connectivity index (χ2n) is 7.14. The molecule has 2 aliphatic rings. The zero-order valence-electron chi connectivity index (χ0n) is 16.8. The highest BCUT2D eigenvalue weighted by Crippen LogP contribution is 2.47. The topological polar surface area (TPSA) is 139 Å². The molecular weight excluding hydrogens is 426 g/mol. The van der Waals surface area contributed by atoms with Crippen LogP contribution in [0.1, 0.15) is 25.8 Å². The lowest BCUT2D eigenvalue weighted by molar-refractivity contribution is -0.384. The first-order chi connectivity index (χ1) is 14.7. The van der Waals surface area contributed by atoms with Gasteiger partial charge in [-0.25, -0.2) is 4.79 Å². The van der Waals surface area contributed by atoms with Crippen molar-refractivity contribution in [2.24, 2.45) is 5.92 Å². The van der Waals surface area contributed by atoms with Crippen LogP contribution >= 0.6 is 11.8 Å². The molecule has 1 aromatic carbocycles. The second-order valence-corrected chi connectivity index (χ2v) is 8.14. The van der Waals surface area contributed by atoms with Crippen LogP contribution in [0.3, 0.4) is 0 Å². The third kappa shape index (κ3) is 4.78. The van der Waals surface area contributed by atoms with Crippen LogP contribution < -0.4 is 5.32 Å². The minimum atomic E-state index is -0.842. The van der Waals surface area contributed by atoms with Gasteiger partial charge >= 0.3 is 5.97 Å². The summed E-state index contributed by atoms with van der Waals surface area (Å²) in [4.78, 5) is 48.5. The average molecular weight is 447 g/mol. The lowest BCUT2D eigenvalue weighted by Gasteiger charge is -2.44. The van der Waals surface area contributed by atoms with Gasteiger partial charge in [-0.3, -0.25) is 19.7 Å². The molecule has 2 amide bonds. The zero-order chi connectivity index (χ0) is 22.7. The van der Waals surface area contributed by atoms with Crippen molar-refractivity contribution in [1.29, 1.82) is 0 Å². The Morgan fingerprint density at radius 3 is 2.68 bits per heavy atom. The summed E-state index contributed by atoms with van der Waals surface area (Å²) in [5, 5.41) is 24.7.